The minimum Gasteiger partial charge on any atom is -0.374 e. The smallest absolute Gasteiger partial charge is 0.203 e. The van der Waals surface area contributed by atoms with Gasteiger partial charge in [-0.15, -0.1) is 10.2 Å². The maximum atomic E-state index is 5.28. The molecule has 5 heteroatoms. The first-order chi connectivity index (χ1) is 3.83. The van der Waals surface area contributed by atoms with Crippen molar-refractivity contribution in [3.63, 3.8) is 0 Å². The summed E-state index contributed by atoms with van der Waals surface area (Å²) in [7, 11) is 0. The van der Waals surface area contributed by atoms with E-state index in [4.69, 9.17) is 5.73 Å². The lowest BCUT2D eigenvalue weighted by Gasteiger charge is -1.73. The van der Waals surface area contributed by atoms with Crippen molar-refractivity contribution in [1.29, 1.82) is 0 Å². The Morgan fingerprint density at radius 1 is 1.62 bits per heavy atom. The Balaban J connectivity index is 2.84. The van der Waals surface area contributed by atoms with E-state index in [9.17, 15) is 0 Å². The number of halogens is 1. The minimum atomic E-state index is 0.527. The predicted molar refractivity (Wildman–Crippen MR) is 37.0 cm³/mol. The summed E-state index contributed by atoms with van der Waals surface area (Å²) in [6.07, 6.45) is 0. The topological polar surface area (TPSA) is 51.8 Å². The normalized spacial score (nSPS) is 9.62. The van der Waals surface area contributed by atoms with Crippen LogP contribution in [0.3, 0.4) is 0 Å². The van der Waals surface area contributed by atoms with Crippen LogP contribution >= 0.6 is 27.3 Å². The standard InChI is InChI=1S/C3H4BrN3S/c4-1-2-6-7-3(5)8-2/h1H2,(H2,5,7). The van der Waals surface area contributed by atoms with Gasteiger partial charge < -0.3 is 5.73 Å². The molecule has 1 heterocycles. The van der Waals surface area contributed by atoms with Crippen LogP contribution in [-0.2, 0) is 5.33 Å². The third kappa shape index (κ3) is 1.16. The van der Waals surface area contributed by atoms with Gasteiger partial charge in [0.1, 0.15) is 5.01 Å². The molecular weight excluding hydrogens is 190 g/mol. The fourth-order valence-electron chi connectivity index (χ4n) is 0.321. The van der Waals surface area contributed by atoms with Gasteiger partial charge in [0.25, 0.3) is 0 Å². The third-order valence-electron chi connectivity index (χ3n) is 0.597. The quantitative estimate of drug-likeness (QED) is 0.679. The summed E-state index contributed by atoms with van der Waals surface area (Å²) >= 11 is 4.62. The zero-order valence-corrected chi connectivity index (χ0v) is 6.37. The van der Waals surface area contributed by atoms with E-state index in [-0.39, 0.29) is 0 Å². The van der Waals surface area contributed by atoms with Gasteiger partial charge in [0.15, 0.2) is 0 Å². The monoisotopic (exact) mass is 193 g/mol. The number of nitrogens with zero attached hydrogens (tertiary/aromatic N) is 2. The van der Waals surface area contributed by atoms with Gasteiger partial charge in [-0.25, -0.2) is 0 Å². The lowest BCUT2D eigenvalue weighted by Crippen LogP contribution is -1.80. The molecule has 8 heavy (non-hydrogen) atoms. The lowest BCUT2D eigenvalue weighted by atomic mass is 10.9. The van der Waals surface area contributed by atoms with Crippen LogP contribution in [0, 0.1) is 0 Å². The Bertz CT molecular complexity index is 175. The van der Waals surface area contributed by atoms with Crippen molar-refractivity contribution in [2.24, 2.45) is 0 Å². The summed E-state index contributed by atoms with van der Waals surface area (Å²) in [5.74, 6) is 0. The number of nitrogen functional groups attached to an aromatic ring is 1. The van der Waals surface area contributed by atoms with Crippen molar-refractivity contribution in [3.05, 3.63) is 5.01 Å². The van der Waals surface area contributed by atoms with Crippen LogP contribution in [-0.4, -0.2) is 10.2 Å². The van der Waals surface area contributed by atoms with Crippen molar-refractivity contribution < 1.29 is 0 Å². The zero-order valence-electron chi connectivity index (χ0n) is 3.97. The lowest BCUT2D eigenvalue weighted by molar-refractivity contribution is 1.05. The van der Waals surface area contributed by atoms with E-state index < -0.39 is 0 Å². The second kappa shape index (κ2) is 2.41. The summed E-state index contributed by atoms with van der Waals surface area (Å²) < 4.78 is 0. The molecule has 1 aromatic heterocycles. The first-order valence-corrected chi connectivity index (χ1v) is 3.90. The van der Waals surface area contributed by atoms with E-state index in [0.29, 0.717) is 5.13 Å². The highest BCUT2D eigenvalue weighted by Crippen LogP contribution is 2.12. The zero-order chi connectivity index (χ0) is 5.98. The van der Waals surface area contributed by atoms with E-state index in [1.807, 2.05) is 0 Å². The molecule has 0 aliphatic heterocycles. The van der Waals surface area contributed by atoms with Crippen LogP contribution in [0.4, 0.5) is 5.13 Å². The number of nitrogens with two attached hydrogens (primary N) is 1. The Morgan fingerprint density at radius 3 is 2.62 bits per heavy atom. The summed E-state index contributed by atoms with van der Waals surface area (Å²) in [4.78, 5) is 0. The second-order valence-corrected chi connectivity index (χ2v) is 2.82. The van der Waals surface area contributed by atoms with Gasteiger partial charge in [-0.1, -0.05) is 27.3 Å². The Labute approximate surface area is 59.1 Å². The van der Waals surface area contributed by atoms with Crippen LogP contribution in [0.15, 0.2) is 0 Å². The van der Waals surface area contributed by atoms with Gasteiger partial charge in [-0.3, -0.25) is 0 Å². The number of aromatic nitrogens is 2. The maximum Gasteiger partial charge on any atom is 0.203 e. The molecule has 0 unspecified atom stereocenters. The maximum absolute atomic E-state index is 5.28. The second-order valence-electron chi connectivity index (χ2n) is 1.17. The molecule has 0 spiro atoms. The van der Waals surface area contributed by atoms with Crippen LogP contribution < -0.4 is 5.73 Å². The number of alkyl halides is 1. The molecule has 0 saturated carbocycles. The van der Waals surface area contributed by atoms with E-state index in [2.05, 4.69) is 26.1 Å². The molecule has 0 aromatic carbocycles. The summed E-state index contributed by atoms with van der Waals surface area (Å²) in [6.45, 7) is 0. The predicted octanol–water partition coefficient (Wildman–Crippen LogP) is 1.02. The number of anilines is 1. The Morgan fingerprint density at radius 2 is 2.38 bits per heavy atom. The molecule has 3 nitrogen and oxygen atoms in total. The SMILES string of the molecule is Nc1nnc(CBr)s1. The minimum absolute atomic E-state index is 0.527. The van der Waals surface area contributed by atoms with E-state index in [1.165, 1.54) is 11.3 Å². The first-order valence-electron chi connectivity index (χ1n) is 1.96. The first kappa shape index (κ1) is 5.97. The van der Waals surface area contributed by atoms with Gasteiger partial charge in [0, 0.05) is 0 Å². The Kier molecular flexibility index (Phi) is 1.80. The molecule has 0 fully saturated rings. The largest absolute Gasteiger partial charge is 0.374 e. The van der Waals surface area contributed by atoms with Crippen LogP contribution in [0.25, 0.3) is 0 Å². The average Bonchev–Trinajstić information content (AvgIpc) is 2.14. The molecule has 0 amide bonds. The van der Waals surface area contributed by atoms with Gasteiger partial charge in [0.2, 0.25) is 5.13 Å². The van der Waals surface area contributed by atoms with Gasteiger partial charge in [-0.2, -0.15) is 0 Å². The van der Waals surface area contributed by atoms with Crippen molar-refractivity contribution in [3.8, 4) is 0 Å². The number of hydrogen-bond acceptors (Lipinski definition) is 4. The molecule has 0 aliphatic rings. The van der Waals surface area contributed by atoms with Crippen molar-refractivity contribution in [1.82, 2.24) is 10.2 Å². The molecule has 44 valence electrons. The molecule has 0 atom stereocenters. The van der Waals surface area contributed by atoms with Crippen molar-refractivity contribution in [2.45, 2.75) is 5.33 Å². The van der Waals surface area contributed by atoms with Crippen molar-refractivity contribution in [2.75, 3.05) is 5.73 Å². The molecule has 1 aromatic rings. The van der Waals surface area contributed by atoms with E-state index in [1.54, 1.807) is 0 Å². The van der Waals surface area contributed by atoms with Crippen molar-refractivity contribution >= 4 is 32.4 Å². The molecule has 0 aliphatic carbocycles. The number of rotatable bonds is 1. The molecule has 2 N–H and O–H groups in total. The average molecular weight is 194 g/mol. The molecule has 1 rings (SSSR count). The summed E-state index contributed by atoms with van der Waals surface area (Å²) in [5.41, 5.74) is 5.28. The van der Waals surface area contributed by atoms with Crippen LogP contribution in [0.2, 0.25) is 0 Å². The highest BCUT2D eigenvalue weighted by molar-refractivity contribution is 9.08. The highest BCUT2D eigenvalue weighted by atomic mass is 79.9. The van der Waals surface area contributed by atoms with Gasteiger partial charge in [-0.05, 0) is 0 Å². The third-order valence-corrected chi connectivity index (χ3v) is 2.25. The van der Waals surface area contributed by atoms with E-state index >= 15 is 0 Å². The molecule has 0 saturated heterocycles. The fourth-order valence-corrected chi connectivity index (χ4v) is 1.24. The molecular formula is C3H4BrN3S. The Hall–Kier alpha value is -0.160. The van der Waals surface area contributed by atoms with Gasteiger partial charge in [0.05, 0.1) is 5.33 Å². The molecule has 0 radical (unpaired) electrons. The van der Waals surface area contributed by atoms with E-state index in [0.717, 1.165) is 10.3 Å². The van der Waals surface area contributed by atoms with Gasteiger partial charge >= 0.3 is 0 Å². The highest BCUT2D eigenvalue weighted by Gasteiger charge is 1.95. The summed E-state index contributed by atoms with van der Waals surface area (Å²) in [6, 6.07) is 0. The van der Waals surface area contributed by atoms with Crippen LogP contribution in [0.5, 0.6) is 0 Å². The fraction of sp³-hybridized carbons (Fsp3) is 0.333. The van der Waals surface area contributed by atoms with Crippen LogP contribution in [0.1, 0.15) is 5.01 Å². The number of hydrogen-bond donors (Lipinski definition) is 1. The summed E-state index contributed by atoms with van der Waals surface area (Å²) in [5, 5.41) is 9.52. The molecule has 0 bridgehead atoms.